The average molecular weight is 266 g/mol. The van der Waals surface area contributed by atoms with E-state index in [0.29, 0.717) is 5.92 Å². The van der Waals surface area contributed by atoms with Crippen molar-refractivity contribution >= 4 is 10.9 Å². The van der Waals surface area contributed by atoms with E-state index < -0.39 is 0 Å². The lowest BCUT2D eigenvalue weighted by atomic mass is 9.98. The highest BCUT2D eigenvalue weighted by Crippen LogP contribution is 2.32. The summed E-state index contributed by atoms with van der Waals surface area (Å²) in [6.45, 7) is 3.29. The van der Waals surface area contributed by atoms with E-state index in [9.17, 15) is 0 Å². The molecule has 1 saturated heterocycles. The SMILES string of the molecule is c1ccc2c([C@H]3CCN(Cc4cn[nH]c4)C3)c[nH]c2c1. The van der Waals surface area contributed by atoms with Crippen molar-refractivity contribution in [1.82, 2.24) is 20.1 Å². The molecule has 20 heavy (non-hydrogen) atoms. The lowest BCUT2D eigenvalue weighted by Gasteiger charge is -2.14. The second-order valence-corrected chi connectivity index (χ2v) is 5.62. The van der Waals surface area contributed by atoms with Crippen LogP contribution in [0, 0.1) is 0 Å². The van der Waals surface area contributed by atoms with Crippen LogP contribution in [0.1, 0.15) is 23.5 Å². The summed E-state index contributed by atoms with van der Waals surface area (Å²) in [4.78, 5) is 5.90. The second kappa shape index (κ2) is 4.80. The van der Waals surface area contributed by atoms with Gasteiger partial charge < -0.3 is 4.98 Å². The normalized spacial score (nSPS) is 19.9. The Balaban J connectivity index is 1.53. The first-order chi connectivity index (χ1) is 9.90. The minimum atomic E-state index is 0.637. The Labute approximate surface area is 117 Å². The number of nitrogens with one attached hydrogen (secondary N) is 2. The summed E-state index contributed by atoms with van der Waals surface area (Å²) in [5, 5.41) is 8.28. The highest BCUT2D eigenvalue weighted by atomic mass is 15.2. The van der Waals surface area contributed by atoms with Gasteiger partial charge >= 0.3 is 0 Å². The number of para-hydroxylation sites is 1. The fourth-order valence-corrected chi connectivity index (χ4v) is 3.28. The smallest absolute Gasteiger partial charge is 0.0532 e. The van der Waals surface area contributed by atoms with E-state index in [0.717, 1.165) is 19.6 Å². The van der Waals surface area contributed by atoms with Gasteiger partial charge in [-0.1, -0.05) is 18.2 Å². The molecule has 1 aliphatic heterocycles. The molecule has 0 radical (unpaired) electrons. The number of fused-ring (bicyclic) bond motifs is 1. The largest absolute Gasteiger partial charge is 0.361 e. The maximum atomic E-state index is 4.02. The van der Waals surface area contributed by atoms with E-state index in [1.54, 1.807) is 0 Å². The summed E-state index contributed by atoms with van der Waals surface area (Å²) in [5.41, 5.74) is 3.98. The van der Waals surface area contributed by atoms with Gasteiger partial charge in [0.15, 0.2) is 0 Å². The van der Waals surface area contributed by atoms with Gasteiger partial charge in [-0.25, -0.2) is 0 Å². The Morgan fingerprint density at radius 3 is 3.10 bits per heavy atom. The Morgan fingerprint density at radius 1 is 1.25 bits per heavy atom. The molecule has 3 aromatic rings. The molecule has 0 amide bonds. The van der Waals surface area contributed by atoms with Crippen LogP contribution in [0.5, 0.6) is 0 Å². The third-order valence-corrected chi connectivity index (χ3v) is 4.29. The zero-order valence-electron chi connectivity index (χ0n) is 11.3. The first-order valence-corrected chi connectivity index (χ1v) is 7.16. The topological polar surface area (TPSA) is 47.7 Å². The van der Waals surface area contributed by atoms with Gasteiger partial charge in [-0.15, -0.1) is 0 Å². The monoisotopic (exact) mass is 266 g/mol. The predicted octanol–water partition coefficient (Wildman–Crippen LogP) is 2.88. The van der Waals surface area contributed by atoms with Gasteiger partial charge in [-0.3, -0.25) is 10.00 Å². The summed E-state index contributed by atoms with van der Waals surface area (Å²) in [6.07, 6.45) is 7.33. The molecule has 0 bridgehead atoms. The van der Waals surface area contributed by atoms with Crippen molar-refractivity contribution in [1.29, 1.82) is 0 Å². The summed E-state index contributed by atoms with van der Waals surface area (Å²) in [7, 11) is 0. The quantitative estimate of drug-likeness (QED) is 0.765. The van der Waals surface area contributed by atoms with Crippen LogP contribution >= 0.6 is 0 Å². The molecule has 0 unspecified atom stereocenters. The molecule has 0 saturated carbocycles. The molecular formula is C16H18N4. The molecule has 0 aliphatic carbocycles. The van der Waals surface area contributed by atoms with Gasteiger partial charge in [0.05, 0.1) is 6.20 Å². The number of aromatic amines is 2. The molecule has 3 heterocycles. The molecule has 1 aliphatic rings. The Hall–Kier alpha value is -2.07. The molecule has 0 spiro atoms. The standard InChI is InChI=1S/C16H18N4/c1-2-4-16-14(3-1)15(9-17-16)13-5-6-20(11-13)10-12-7-18-19-8-12/h1-4,7-9,13,17H,5-6,10-11H2,(H,18,19)/t13-/m0/s1. The molecule has 1 aromatic carbocycles. The molecule has 1 fully saturated rings. The fourth-order valence-electron chi connectivity index (χ4n) is 3.28. The lowest BCUT2D eigenvalue weighted by Crippen LogP contribution is -2.19. The Bertz CT molecular complexity index is 698. The van der Waals surface area contributed by atoms with Crippen molar-refractivity contribution in [3.8, 4) is 0 Å². The van der Waals surface area contributed by atoms with E-state index >= 15 is 0 Å². The van der Waals surface area contributed by atoms with Crippen LogP contribution < -0.4 is 0 Å². The average Bonchev–Trinajstić information content (AvgIpc) is 3.18. The number of hydrogen-bond donors (Lipinski definition) is 2. The Kier molecular flexibility index (Phi) is 2.81. The van der Waals surface area contributed by atoms with Crippen molar-refractivity contribution < 1.29 is 0 Å². The summed E-state index contributed by atoms with van der Waals surface area (Å²) in [5.74, 6) is 0.637. The first kappa shape index (κ1) is 11.7. The van der Waals surface area contributed by atoms with Crippen LogP contribution in [0.25, 0.3) is 10.9 Å². The van der Waals surface area contributed by atoms with Crippen LogP contribution in [-0.4, -0.2) is 33.2 Å². The van der Waals surface area contributed by atoms with Crippen molar-refractivity contribution in [2.75, 3.05) is 13.1 Å². The number of nitrogens with zero attached hydrogens (tertiary/aromatic N) is 2. The number of aromatic nitrogens is 3. The highest BCUT2D eigenvalue weighted by Gasteiger charge is 2.25. The molecule has 4 rings (SSSR count). The summed E-state index contributed by atoms with van der Waals surface area (Å²) >= 11 is 0. The second-order valence-electron chi connectivity index (χ2n) is 5.62. The first-order valence-electron chi connectivity index (χ1n) is 7.16. The number of rotatable bonds is 3. The van der Waals surface area contributed by atoms with Gasteiger partial charge in [0.1, 0.15) is 0 Å². The van der Waals surface area contributed by atoms with Gasteiger partial charge in [0.2, 0.25) is 0 Å². The maximum absolute atomic E-state index is 4.02. The third-order valence-electron chi connectivity index (χ3n) is 4.29. The third kappa shape index (κ3) is 2.02. The molecule has 4 heteroatoms. The van der Waals surface area contributed by atoms with E-state index in [4.69, 9.17) is 0 Å². The van der Waals surface area contributed by atoms with Gasteiger partial charge in [-0.2, -0.15) is 5.10 Å². The van der Waals surface area contributed by atoms with Gasteiger partial charge in [-0.05, 0) is 30.5 Å². The van der Waals surface area contributed by atoms with Crippen LogP contribution in [0.15, 0.2) is 42.9 Å². The zero-order chi connectivity index (χ0) is 13.4. The van der Waals surface area contributed by atoms with Crippen LogP contribution in [0.4, 0.5) is 0 Å². The van der Waals surface area contributed by atoms with Crippen molar-refractivity contribution in [2.24, 2.45) is 0 Å². The molecule has 4 nitrogen and oxygen atoms in total. The zero-order valence-corrected chi connectivity index (χ0v) is 11.3. The maximum Gasteiger partial charge on any atom is 0.0532 e. The van der Waals surface area contributed by atoms with Crippen molar-refractivity contribution in [3.63, 3.8) is 0 Å². The number of H-pyrrole nitrogens is 2. The number of likely N-dealkylation sites (tertiary alicyclic amines) is 1. The van der Waals surface area contributed by atoms with Crippen LogP contribution in [-0.2, 0) is 6.54 Å². The summed E-state index contributed by atoms with van der Waals surface area (Å²) in [6, 6.07) is 8.58. The van der Waals surface area contributed by atoms with E-state index in [1.807, 2.05) is 12.4 Å². The van der Waals surface area contributed by atoms with Gasteiger partial charge in [0.25, 0.3) is 0 Å². The molecule has 102 valence electrons. The molecule has 1 atom stereocenters. The lowest BCUT2D eigenvalue weighted by molar-refractivity contribution is 0.327. The van der Waals surface area contributed by atoms with Gasteiger partial charge in [0, 0.05) is 41.9 Å². The Morgan fingerprint density at radius 2 is 2.20 bits per heavy atom. The predicted molar refractivity (Wildman–Crippen MR) is 79.5 cm³/mol. The molecule has 2 N–H and O–H groups in total. The molecular weight excluding hydrogens is 248 g/mol. The van der Waals surface area contributed by atoms with Crippen LogP contribution in [0.3, 0.4) is 0 Å². The van der Waals surface area contributed by atoms with E-state index in [1.165, 1.54) is 28.5 Å². The highest BCUT2D eigenvalue weighted by molar-refractivity contribution is 5.83. The van der Waals surface area contributed by atoms with E-state index in [-0.39, 0.29) is 0 Å². The number of benzene rings is 1. The van der Waals surface area contributed by atoms with Crippen molar-refractivity contribution in [2.45, 2.75) is 18.9 Å². The minimum absolute atomic E-state index is 0.637. The minimum Gasteiger partial charge on any atom is -0.361 e. The fraction of sp³-hybridized carbons (Fsp3) is 0.312. The van der Waals surface area contributed by atoms with E-state index in [2.05, 4.69) is 50.5 Å². The number of hydrogen-bond acceptors (Lipinski definition) is 2. The van der Waals surface area contributed by atoms with Crippen LogP contribution in [0.2, 0.25) is 0 Å². The van der Waals surface area contributed by atoms with Crippen molar-refractivity contribution in [3.05, 3.63) is 54.0 Å². The molecule has 2 aromatic heterocycles. The summed E-state index contributed by atoms with van der Waals surface area (Å²) < 4.78 is 0.